The Bertz CT molecular complexity index is 272. The van der Waals surface area contributed by atoms with Crippen LogP contribution in [0.5, 0.6) is 0 Å². The zero-order valence-electron chi connectivity index (χ0n) is 8.32. The van der Waals surface area contributed by atoms with E-state index in [1.54, 1.807) is 0 Å². The molecule has 0 aromatic carbocycles. The molecule has 0 radical (unpaired) electrons. The zero-order chi connectivity index (χ0) is 10.4. The molecule has 0 fully saturated rings. The molecule has 3 N–H and O–H groups in total. The van der Waals surface area contributed by atoms with Gasteiger partial charge in [0.25, 0.3) is 0 Å². The standard InChI is InChI=1S/C10H16N2OS/c1-2-3-5-8(11)10(13)12-9-6-4-7-14-9/h4,6-8H,2-3,5,11H2,1H3,(H,12,13). The van der Waals surface area contributed by atoms with Crippen LogP contribution in [0.4, 0.5) is 5.00 Å². The molecule has 78 valence electrons. The van der Waals surface area contributed by atoms with Crippen LogP contribution in [-0.2, 0) is 4.79 Å². The van der Waals surface area contributed by atoms with E-state index in [0.717, 1.165) is 24.3 Å². The van der Waals surface area contributed by atoms with Crippen LogP contribution in [0.3, 0.4) is 0 Å². The Balaban J connectivity index is 2.34. The fourth-order valence-electron chi connectivity index (χ4n) is 1.12. The number of rotatable bonds is 5. The number of thiophene rings is 1. The summed E-state index contributed by atoms with van der Waals surface area (Å²) in [6.07, 6.45) is 2.83. The van der Waals surface area contributed by atoms with Crippen LogP contribution in [0.1, 0.15) is 26.2 Å². The zero-order valence-corrected chi connectivity index (χ0v) is 9.14. The van der Waals surface area contributed by atoms with Crippen LogP contribution in [0.25, 0.3) is 0 Å². The van der Waals surface area contributed by atoms with Crippen molar-refractivity contribution in [1.82, 2.24) is 0 Å². The number of amides is 1. The molecule has 14 heavy (non-hydrogen) atoms. The summed E-state index contributed by atoms with van der Waals surface area (Å²) in [6.45, 7) is 2.09. The minimum Gasteiger partial charge on any atom is -0.320 e. The van der Waals surface area contributed by atoms with Gasteiger partial charge in [-0.15, -0.1) is 11.3 Å². The highest BCUT2D eigenvalue weighted by atomic mass is 32.1. The van der Waals surface area contributed by atoms with Crippen molar-refractivity contribution in [3.8, 4) is 0 Å². The minimum atomic E-state index is -0.378. The average Bonchev–Trinajstić information content (AvgIpc) is 2.66. The van der Waals surface area contributed by atoms with Gasteiger partial charge < -0.3 is 11.1 Å². The van der Waals surface area contributed by atoms with Gasteiger partial charge in [-0.1, -0.05) is 19.8 Å². The summed E-state index contributed by atoms with van der Waals surface area (Å²) in [5.41, 5.74) is 5.71. The van der Waals surface area contributed by atoms with Gasteiger partial charge in [0.2, 0.25) is 5.91 Å². The average molecular weight is 212 g/mol. The van der Waals surface area contributed by atoms with Gasteiger partial charge in [-0.3, -0.25) is 4.79 Å². The fraction of sp³-hybridized carbons (Fsp3) is 0.500. The highest BCUT2D eigenvalue weighted by Crippen LogP contribution is 2.15. The van der Waals surface area contributed by atoms with Crippen molar-refractivity contribution < 1.29 is 4.79 Å². The third-order valence-electron chi connectivity index (χ3n) is 1.97. The van der Waals surface area contributed by atoms with E-state index < -0.39 is 0 Å². The van der Waals surface area contributed by atoms with E-state index >= 15 is 0 Å². The lowest BCUT2D eigenvalue weighted by molar-refractivity contribution is -0.117. The Kier molecular flexibility index (Phi) is 4.62. The topological polar surface area (TPSA) is 55.1 Å². The van der Waals surface area contributed by atoms with Gasteiger partial charge in [-0.25, -0.2) is 0 Å². The summed E-state index contributed by atoms with van der Waals surface area (Å²) < 4.78 is 0. The summed E-state index contributed by atoms with van der Waals surface area (Å²) in [6, 6.07) is 3.39. The molecule has 1 atom stereocenters. The lowest BCUT2D eigenvalue weighted by Gasteiger charge is -2.09. The van der Waals surface area contributed by atoms with Crippen molar-refractivity contribution >= 4 is 22.2 Å². The van der Waals surface area contributed by atoms with Crippen LogP contribution >= 0.6 is 11.3 Å². The third kappa shape index (κ3) is 3.47. The van der Waals surface area contributed by atoms with Crippen LogP contribution in [0.15, 0.2) is 17.5 Å². The van der Waals surface area contributed by atoms with Crippen molar-refractivity contribution in [2.45, 2.75) is 32.2 Å². The van der Waals surface area contributed by atoms with E-state index in [1.165, 1.54) is 11.3 Å². The number of hydrogen-bond donors (Lipinski definition) is 2. The first kappa shape index (κ1) is 11.2. The Labute approximate surface area is 88.3 Å². The number of anilines is 1. The second kappa shape index (κ2) is 5.78. The summed E-state index contributed by atoms with van der Waals surface area (Å²) >= 11 is 1.50. The number of hydrogen-bond acceptors (Lipinski definition) is 3. The lowest BCUT2D eigenvalue weighted by Crippen LogP contribution is -2.35. The molecular formula is C10H16N2OS. The van der Waals surface area contributed by atoms with Crippen molar-refractivity contribution in [3.05, 3.63) is 17.5 Å². The maximum absolute atomic E-state index is 11.5. The molecular weight excluding hydrogens is 196 g/mol. The molecule has 0 saturated carbocycles. The first-order chi connectivity index (χ1) is 6.74. The van der Waals surface area contributed by atoms with Crippen molar-refractivity contribution in [2.75, 3.05) is 5.32 Å². The SMILES string of the molecule is CCCCC(N)C(=O)Nc1cccs1. The van der Waals surface area contributed by atoms with E-state index in [-0.39, 0.29) is 11.9 Å². The Morgan fingerprint density at radius 1 is 1.71 bits per heavy atom. The maximum Gasteiger partial charge on any atom is 0.241 e. The van der Waals surface area contributed by atoms with Gasteiger partial charge in [-0.2, -0.15) is 0 Å². The minimum absolute atomic E-state index is 0.0825. The normalized spacial score (nSPS) is 12.4. The summed E-state index contributed by atoms with van der Waals surface area (Å²) in [4.78, 5) is 11.5. The van der Waals surface area contributed by atoms with E-state index in [0.29, 0.717) is 0 Å². The van der Waals surface area contributed by atoms with E-state index in [9.17, 15) is 4.79 Å². The van der Waals surface area contributed by atoms with E-state index in [4.69, 9.17) is 5.73 Å². The number of unbranched alkanes of at least 4 members (excludes halogenated alkanes) is 1. The molecule has 0 saturated heterocycles. The largest absolute Gasteiger partial charge is 0.320 e. The number of nitrogens with two attached hydrogens (primary N) is 1. The second-order valence-corrected chi connectivity index (χ2v) is 4.16. The van der Waals surface area contributed by atoms with Gasteiger partial charge in [-0.05, 0) is 23.9 Å². The summed E-state index contributed by atoms with van der Waals surface area (Å²) in [5.74, 6) is -0.0825. The number of carbonyl (C=O) groups is 1. The lowest BCUT2D eigenvalue weighted by atomic mass is 10.1. The van der Waals surface area contributed by atoms with Crippen molar-refractivity contribution in [2.24, 2.45) is 5.73 Å². The molecule has 1 amide bonds. The molecule has 1 aromatic heterocycles. The second-order valence-electron chi connectivity index (χ2n) is 3.22. The molecule has 0 aliphatic heterocycles. The van der Waals surface area contributed by atoms with Gasteiger partial charge in [0, 0.05) is 0 Å². The smallest absolute Gasteiger partial charge is 0.241 e. The molecule has 1 unspecified atom stereocenters. The van der Waals surface area contributed by atoms with Crippen LogP contribution in [-0.4, -0.2) is 11.9 Å². The molecule has 1 rings (SSSR count). The third-order valence-corrected chi connectivity index (χ3v) is 2.76. The van der Waals surface area contributed by atoms with Crippen molar-refractivity contribution in [3.63, 3.8) is 0 Å². The molecule has 0 aliphatic rings. The number of carbonyl (C=O) groups excluding carboxylic acids is 1. The monoisotopic (exact) mass is 212 g/mol. The summed E-state index contributed by atoms with van der Waals surface area (Å²) in [7, 11) is 0. The molecule has 3 nitrogen and oxygen atoms in total. The molecule has 0 bridgehead atoms. The highest BCUT2D eigenvalue weighted by Gasteiger charge is 2.12. The number of nitrogens with one attached hydrogen (secondary N) is 1. The van der Waals surface area contributed by atoms with E-state index in [2.05, 4.69) is 12.2 Å². The Hall–Kier alpha value is -0.870. The maximum atomic E-state index is 11.5. The molecule has 0 spiro atoms. The fourth-order valence-corrected chi connectivity index (χ4v) is 1.74. The van der Waals surface area contributed by atoms with Gasteiger partial charge in [0.1, 0.15) is 0 Å². The Morgan fingerprint density at radius 3 is 3.07 bits per heavy atom. The van der Waals surface area contributed by atoms with Gasteiger partial charge >= 0.3 is 0 Å². The molecule has 4 heteroatoms. The Morgan fingerprint density at radius 2 is 2.50 bits per heavy atom. The van der Waals surface area contributed by atoms with Crippen molar-refractivity contribution in [1.29, 1.82) is 0 Å². The van der Waals surface area contributed by atoms with Gasteiger partial charge in [0.05, 0.1) is 11.0 Å². The van der Waals surface area contributed by atoms with Crippen LogP contribution < -0.4 is 11.1 Å². The quantitative estimate of drug-likeness (QED) is 0.786. The molecule has 1 heterocycles. The van der Waals surface area contributed by atoms with Gasteiger partial charge in [0.15, 0.2) is 0 Å². The van der Waals surface area contributed by atoms with Crippen LogP contribution in [0.2, 0.25) is 0 Å². The first-order valence-corrected chi connectivity index (χ1v) is 5.72. The predicted octanol–water partition coefficient (Wildman–Crippen LogP) is 2.20. The summed E-state index contributed by atoms with van der Waals surface area (Å²) in [5, 5.41) is 5.57. The van der Waals surface area contributed by atoms with E-state index in [1.807, 2.05) is 17.5 Å². The first-order valence-electron chi connectivity index (χ1n) is 4.84. The highest BCUT2D eigenvalue weighted by molar-refractivity contribution is 7.14. The molecule has 0 aliphatic carbocycles. The molecule has 1 aromatic rings. The predicted molar refractivity (Wildman–Crippen MR) is 60.4 cm³/mol. The van der Waals surface area contributed by atoms with Crippen LogP contribution in [0, 0.1) is 0 Å².